The molecule has 0 amide bonds. The number of aromatic amines is 1. The van der Waals surface area contributed by atoms with Crippen molar-refractivity contribution in [1.29, 1.82) is 0 Å². The molecule has 2 rings (SSSR count). The summed E-state index contributed by atoms with van der Waals surface area (Å²) in [6, 6.07) is 0. The first-order valence-corrected chi connectivity index (χ1v) is 6.70. The standard InChI is InChI=1S/C11H16N2O4S/c1-6-3-13(11(17)12-10(6)16)9-2-7(4-14)8(5-15)18-9/h3,7-9,14-15H,2,4-5H2,1H3,(H,12,16,17)/t7-,8-,9+/m1/s1. The number of thioether (sulfide) groups is 1. The van der Waals surface area contributed by atoms with Crippen LogP contribution in [0.3, 0.4) is 0 Å². The van der Waals surface area contributed by atoms with E-state index in [9.17, 15) is 19.8 Å². The lowest BCUT2D eigenvalue weighted by Gasteiger charge is -2.13. The molecule has 1 aliphatic heterocycles. The molecule has 1 saturated heterocycles. The second kappa shape index (κ2) is 5.29. The van der Waals surface area contributed by atoms with Gasteiger partial charge in [-0.25, -0.2) is 4.79 Å². The van der Waals surface area contributed by atoms with Gasteiger partial charge in [-0.2, -0.15) is 0 Å². The molecule has 1 aromatic heterocycles. The van der Waals surface area contributed by atoms with E-state index in [0.29, 0.717) is 12.0 Å². The maximum Gasteiger partial charge on any atom is 0.329 e. The molecule has 7 heteroatoms. The molecule has 100 valence electrons. The minimum atomic E-state index is -0.446. The van der Waals surface area contributed by atoms with Gasteiger partial charge in [0.05, 0.1) is 12.0 Å². The third kappa shape index (κ3) is 2.38. The van der Waals surface area contributed by atoms with E-state index in [1.807, 2.05) is 0 Å². The highest BCUT2D eigenvalue weighted by molar-refractivity contribution is 8.00. The molecule has 1 fully saturated rings. The summed E-state index contributed by atoms with van der Waals surface area (Å²) in [7, 11) is 0. The van der Waals surface area contributed by atoms with Gasteiger partial charge in [0.25, 0.3) is 5.56 Å². The fourth-order valence-electron chi connectivity index (χ4n) is 2.14. The van der Waals surface area contributed by atoms with E-state index in [-0.39, 0.29) is 35.3 Å². The van der Waals surface area contributed by atoms with Crippen molar-refractivity contribution in [2.24, 2.45) is 5.92 Å². The van der Waals surface area contributed by atoms with Crippen LogP contribution in [0.5, 0.6) is 0 Å². The summed E-state index contributed by atoms with van der Waals surface area (Å²) in [6.07, 6.45) is 2.14. The summed E-state index contributed by atoms with van der Waals surface area (Å²) < 4.78 is 1.47. The van der Waals surface area contributed by atoms with Crippen molar-refractivity contribution in [2.75, 3.05) is 13.2 Å². The summed E-state index contributed by atoms with van der Waals surface area (Å²) >= 11 is 1.46. The molecular weight excluding hydrogens is 256 g/mol. The highest BCUT2D eigenvalue weighted by Crippen LogP contribution is 2.44. The first kappa shape index (κ1) is 13.4. The van der Waals surface area contributed by atoms with Crippen LogP contribution >= 0.6 is 11.8 Å². The van der Waals surface area contributed by atoms with Crippen LogP contribution in [0.15, 0.2) is 15.8 Å². The lowest BCUT2D eigenvalue weighted by Crippen LogP contribution is -2.32. The Morgan fingerprint density at radius 2 is 2.17 bits per heavy atom. The normalized spacial score (nSPS) is 27.6. The third-order valence-electron chi connectivity index (χ3n) is 3.23. The Morgan fingerprint density at radius 3 is 2.72 bits per heavy atom. The smallest absolute Gasteiger partial charge is 0.329 e. The molecule has 0 unspecified atom stereocenters. The van der Waals surface area contributed by atoms with Crippen LogP contribution in [0.1, 0.15) is 17.4 Å². The Balaban J connectivity index is 2.31. The van der Waals surface area contributed by atoms with Gasteiger partial charge in [0, 0.05) is 23.6 Å². The Labute approximate surface area is 108 Å². The van der Waals surface area contributed by atoms with E-state index in [1.54, 1.807) is 6.92 Å². The van der Waals surface area contributed by atoms with Gasteiger partial charge in [-0.15, -0.1) is 11.8 Å². The fraction of sp³-hybridized carbons (Fsp3) is 0.636. The molecule has 3 atom stereocenters. The number of rotatable bonds is 3. The number of nitrogens with one attached hydrogen (secondary N) is 1. The molecule has 2 heterocycles. The van der Waals surface area contributed by atoms with Gasteiger partial charge < -0.3 is 10.2 Å². The van der Waals surface area contributed by atoms with E-state index in [2.05, 4.69) is 4.98 Å². The number of aryl methyl sites for hydroxylation is 1. The highest BCUT2D eigenvalue weighted by atomic mass is 32.2. The molecule has 0 saturated carbocycles. The second-order valence-corrected chi connectivity index (χ2v) is 5.89. The molecule has 0 aliphatic carbocycles. The summed E-state index contributed by atoms with van der Waals surface area (Å²) in [5.41, 5.74) is -0.349. The molecule has 0 spiro atoms. The average molecular weight is 272 g/mol. The minimum Gasteiger partial charge on any atom is -0.396 e. The number of hydrogen-bond donors (Lipinski definition) is 3. The molecule has 1 aromatic rings. The van der Waals surface area contributed by atoms with Crippen LogP contribution in [0, 0.1) is 12.8 Å². The molecule has 3 N–H and O–H groups in total. The van der Waals surface area contributed by atoms with E-state index < -0.39 is 5.69 Å². The summed E-state index contributed by atoms with van der Waals surface area (Å²) in [5, 5.41) is 18.2. The SMILES string of the molecule is Cc1cn([C@@H]2C[C@H](CO)[C@@H](CO)S2)c(=O)[nH]c1=O. The Kier molecular flexibility index (Phi) is 3.94. The van der Waals surface area contributed by atoms with Crippen molar-refractivity contribution in [3.63, 3.8) is 0 Å². The van der Waals surface area contributed by atoms with Crippen LogP contribution in [0.4, 0.5) is 0 Å². The second-order valence-electron chi connectivity index (χ2n) is 4.47. The summed E-state index contributed by atoms with van der Waals surface area (Å²) in [4.78, 5) is 25.3. The van der Waals surface area contributed by atoms with E-state index in [1.165, 1.54) is 22.5 Å². The van der Waals surface area contributed by atoms with Crippen molar-refractivity contribution >= 4 is 11.8 Å². The van der Waals surface area contributed by atoms with E-state index in [0.717, 1.165) is 0 Å². The fourth-order valence-corrected chi connectivity index (χ4v) is 3.70. The molecule has 0 bridgehead atoms. The first-order chi connectivity index (χ1) is 8.56. The lowest BCUT2D eigenvalue weighted by atomic mass is 10.0. The van der Waals surface area contributed by atoms with E-state index >= 15 is 0 Å². The summed E-state index contributed by atoms with van der Waals surface area (Å²) in [6.45, 7) is 1.61. The Hall–Kier alpha value is -1.05. The quantitative estimate of drug-likeness (QED) is 0.686. The van der Waals surface area contributed by atoms with Gasteiger partial charge >= 0.3 is 5.69 Å². The number of H-pyrrole nitrogens is 1. The van der Waals surface area contributed by atoms with Gasteiger partial charge in [0.2, 0.25) is 0 Å². The number of hydrogen-bond acceptors (Lipinski definition) is 5. The molecular formula is C11H16N2O4S. The van der Waals surface area contributed by atoms with Crippen molar-refractivity contribution in [3.8, 4) is 0 Å². The monoisotopic (exact) mass is 272 g/mol. The van der Waals surface area contributed by atoms with Crippen LogP contribution < -0.4 is 11.2 Å². The molecule has 18 heavy (non-hydrogen) atoms. The largest absolute Gasteiger partial charge is 0.396 e. The molecule has 0 aromatic carbocycles. The van der Waals surface area contributed by atoms with Gasteiger partial charge in [0.15, 0.2) is 0 Å². The van der Waals surface area contributed by atoms with Crippen molar-refractivity contribution in [3.05, 3.63) is 32.6 Å². The molecule has 0 radical (unpaired) electrons. The average Bonchev–Trinajstić information content (AvgIpc) is 2.76. The number of aliphatic hydroxyl groups is 2. The zero-order valence-corrected chi connectivity index (χ0v) is 10.8. The predicted octanol–water partition coefficient (Wildman–Crippen LogP) is -0.550. The van der Waals surface area contributed by atoms with Gasteiger partial charge in [-0.05, 0) is 19.3 Å². The third-order valence-corrected chi connectivity index (χ3v) is 4.85. The summed E-state index contributed by atoms with van der Waals surface area (Å²) in [5.74, 6) is -0.0239. The zero-order chi connectivity index (χ0) is 13.3. The Morgan fingerprint density at radius 1 is 1.44 bits per heavy atom. The zero-order valence-electron chi connectivity index (χ0n) is 10.00. The van der Waals surface area contributed by atoms with Crippen LogP contribution in [0.2, 0.25) is 0 Å². The van der Waals surface area contributed by atoms with Crippen molar-refractivity contribution < 1.29 is 10.2 Å². The maximum absolute atomic E-state index is 11.7. The number of aliphatic hydroxyl groups excluding tert-OH is 2. The van der Waals surface area contributed by atoms with Gasteiger partial charge in [-0.3, -0.25) is 14.3 Å². The van der Waals surface area contributed by atoms with Crippen LogP contribution in [-0.4, -0.2) is 38.2 Å². The molecule has 1 aliphatic rings. The topological polar surface area (TPSA) is 95.3 Å². The lowest BCUT2D eigenvalue weighted by molar-refractivity contribution is 0.187. The van der Waals surface area contributed by atoms with Crippen molar-refractivity contribution in [2.45, 2.75) is 24.0 Å². The van der Waals surface area contributed by atoms with Crippen molar-refractivity contribution in [1.82, 2.24) is 9.55 Å². The van der Waals surface area contributed by atoms with E-state index in [4.69, 9.17) is 0 Å². The number of aromatic nitrogens is 2. The van der Waals surface area contributed by atoms with Crippen LogP contribution in [-0.2, 0) is 0 Å². The maximum atomic E-state index is 11.7. The number of nitrogens with zero attached hydrogens (tertiary/aromatic N) is 1. The molecule has 6 nitrogen and oxygen atoms in total. The minimum absolute atomic E-state index is 0.00812. The predicted molar refractivity (Wildman–Crippen MR) is 68.8 cm³/mol. The Bertz CT molecular complexity index is 527. The van der Waals surface area contributed by atoms with Gasteiger partial charge in [-0.1, -0.05) is 0 Å². The first-order valence-electron chi connectivity index (χ1n) is 5.76. The van der Waals surface area contributed by atoms with Crippen LogP contribution in [0.25, 0.3) is 0 Å². The van der Waals surface area contributed by atoms with Gasteiger partial charge in [0.1, 0.15) is 0 Å². The highest BCUT2D eigenvalue weighted by Gasteiger charge is 2.35.